The molecular weight excluding hydrogens is 209 g/mol. The van der Waals surface area contributed by atoms with E-state index in [1.807, 2.05) is 0 Å². The summed E-state index contributed by atoms with van der Waals surface area (Å²) in [6, 6.07) is 1.21. The summed E-state index contributed by atoms with van der Waals surface area (Å²) >= 11 is 0. The van der Waals surface area contributed by atoms with Crippen LogP contribution in [0, 0.1) is 5.82 Å². The lowest BCUT2D eigenvalue weighted by atomic mass is 9.88. The fourth-order valence-electron chi connectivity index (χ4n) is 1.95. The number of ketones is 1. The average Bonchev–Trinajstić information content (AvgIpc) is 2.29. The second-order valence-corrected chi connectivity index (χ2v) is 4.26. The molecule has 0 aromatic carbocycles. The lowest BCUT2D eigenvalue weighted by molar-refractivity contribution is -0.0426. The van der Waals surface area contributed by atoms with Crippen molar-refractivity contribution in [1.29, 1.82) is 0 Å². The van der Waals surface area contributed by atoms with Gasteiger partial charge in [0.2, 0.25) is 0 Å². The average molecular weight is 223 g/mol. The number of hydrogen-bond donors (Lipinski definition) is 0. The van der Waals surface area contributed by atoms with Gasteiger partial charge in [-0.3, -0.25) is 9.78 Å². The molecule has 0 aliphatic carbocycles. The molecule has 1 unspecified atom stereocenters. The Balaban J connectivity index is 2.24. The lowest BCUT2D eigenvalue weighted by Crippen LogP contribution is -2.41. The molecule has 0 amide bonds. The molecule has 1 atom stereocenters. The molecule has 0 saturated carbocycles. The van der Waals surface area contributed by atoms with E-state index in [4.69, 9.17) is 4.74 Å². The van der Waals surface area contributed by atoms with Gasteiger partial charge >= 0.3 is 0 Å². The monoisotopic (exact) mass is 223 g/mol. The Morgan fingerprint density at radius 2 is 2.31 bits per heavy atom. The van der Waals surface area contributed by atoms with Gasteiger partial charge in [-0.1, -0.05) is 0 Å². The highest BCUT2D eigenvalue weighted by molar-refractivity contribution is 6.02. The van der Waals surface area contributed by atoms with Crippen molar-refractivity contribution in [1.82, 2.24) is 4.98 Å². The van der Waals surface area contributed by atoms with Gasteiger partial charge in [0, 0.05) is 18.4 Å². The van der Waals surface area contributed by atoms with Gasteiger partial charge in [0.05, 0.1) is 6.20 Å². The van der Waals surface area contributed by atoms with Gasteiger partial charge in [0.1, 0.15) is 11.4 Å². The van der Waals surface area contributed by atoms with Crippen molar-refractivity contribution < 1.29 is 13.9 Å². The van der Waals surface area contributed by atoms with Gasteiger partial charge in [-0.25, -0.2) is 4.39 Å². The first-order valence-electron chi connectivity index (χ1n) is 5.41. The molecule has 2 heterocycles. The van der Waals surface area contributed by atoms with Crippen LogP contribution in [0.1, 0.15) is 36.5 Å². The molecular formula is C12H14FNO2. The highest BCUT2D eigenvalue weighted by atomic mass is 19.1. The molecule has 1 aliphatic heterocycles. The maximum Gasteiger partial charge on any atom is 0.195 e. The van der Waals surface area contributed by atoms with E-state index in [1.165, 1.54) is 12.3 Å². The van der Waals surface area contributed by atoms with Gasteiger partial charge in [-0.2, -0.15) is 0 Å². The number of halogens is 1. The first-order valence-corrected chi connectivity index (χ1v) is 5.41. The van der Waals surface area contributed by atoms with Crippen molar-refractivity contribution >= 4 is 5.78 Å². The minimum Gasteiger partial charge on any atom is -0.367 e. The number of ether oxygens (including phenoxy) is 1. The molecule has 2 rings (SSSR count). The summed E-state index contributed by atoms with van der Waals surface area (Å²) in [4.78, 5) is 15.8. The first-order chi connectivity index (χ1) is 7.62. The van der Waals surface area contributed by atoms with Crippen molar-refractivity contribution in [2.45, 2.75) is 31.8 Å². The van der Waals surface area contributed by atoms with Crippen LogP contribution in [-0.4, -0.2) is 23.0 Å². The van der Waals surface area contributed by atoms with Crippen molar-refractivity contribution in [2.24, 2.45) is 0 Å². The van der Waals surface area contributed by atoms with E-state index in [0.29, 0.717) is 13.0 Å². The van der Waals surface area contributed by atoms with Crippen LogP contribution in [-0.2, 0) is 4.74 Å². The highest BCUT2D eigenvalue weighted by Crippen LogP contribution is 2.28. The molecule has 0 spiro atoms. The van der Waals surface area contributed by atoms with Gasteiger partial charge in [-0.15, -0.1) is 0 Å². The maximum atomic E-state index is 13.0. The summed E-state index contributed by atoms with van der Waals surface area (Å²) in [6.07, 6.45) is 5.09. The Bertz CT molecular complexity index is 400. The third-order valence-electron chi connectivity index (χ3n) is 2.92. The molecule has 0 bridgehead atoms. The molecule has 86 valence electrons. The molecule has 1 aliphatic rings. The van der Waals surface area contributed by atoms with Crippen LogP contribution in [0.25, 0.3) is 0 Å². The van der Waals surface area contributed by atoms with Crippen LogP contribution < -0.4 is 0 Å². The summed E-state index contributed by atoms with van der Waals surface area (Å²) in [6.45, 7) is 2.35. The fourth-order valence-corrected chi connectivity index (χ4v) is 1.95. The molecule has 3 nitrogen and oxygen atoms in total. The van der Waals surface area contributed by atoms with Crippen LogP contribution in [0.4, 0.5) is 4.39 Å². The number of pyridine rings is 1. The molecule has 1 fully saturated rings. The van der Waals surface area contributed by atoms with Gasteiger partial charge < -0.3 is 4.74 Å². The van der Waals surface area contributed by atoms with Crippen LogP contribution >= 0.6 is 0 Å². The SMILES string of the molecule is CC1(C(=O)c2cncc(F)c2)CCCCO1. The fraction of sp³-hybridized carbons (Fsp3) is 0.500. The highest BCUT2D eigenvalue weighted by Gasteiger charge is 2.36. The predicted octanol–water partition coefficient (Wildman–Crippen LogP) is 2.36. The Morgan fingerprint density at radius 1 is 1.50 bits per heavy atom. The third kappa shape index (κ3) is 2.11. The first kappa shape index (κ1) is 11.2. The number of carbonyl (C=O) groups is 1. The van der Waals surface area contributed by atoms with E-state index < -0.39 is 11.4 Å². The van der Waals surface area contributed by atoms with E-state index in [1.54, 1.807) is 6.92 Å². The van der Waals surface area contributed by atoms with Crippen molar-refractivity contribution in [3.63, 3.8) is 0 Å². The summed E-state index contributed by atoms with van der Waals surface area (Å²) in [5, 5.41) is 0. The zero-order valence-corrected chi connectivity index (χ0v) is 9.20. The second kappa shape index (κ2) is 4.29. The minimum absolute atomic E-state index is 0.181. The summed E-state index contributed by atoms with van der Waals surface area (Å²) < 4.78 is 18.5. The maximum absolute atomic E-state index is 13.0. The van der Waals surface area contributed by atoms with Crippen molar-refractivity contribution in [2.75, 3.05) is 6.61 Å². The van der Waals surface area contributed by atoms with E-state index in [0.717, 1.165) is 19.0 Å². The minimum atomic E-state index is -0.812. The van der Waals surface area contributed by atoms with Crippen LogP contribution in [0.5, 0.6) is 0 Å². The third-order valence-corrected chi connectivity index (χ3v) is 2.92. The summed E-state index contributed by atoms with van der Waals surface area (Å²) in [5.74, 6) is -0.676. The van der Waals surface area contributed by atoms with Crippen LogP contribution in [0.15, 0.2) is 18.5 Å². The zero-order valence-electron chi connectivity index (χ0n) is 9.20. The predicted molar refractivity (Wildman–Crippen MR) is 56.7 cm³/mol. The van der Waals surface area contributed by atoms with E-state index >= 15 is 0 Å². The number of hydrogen-bond acceptors (Lipinski definition) is 3. The standard InChI is InChI=1S/C12H14FNO2/c1-12(4-2-3-5-16-12)11(15)9-6-10(13)8-14-7-9/h6-8H,2-5H2,1H3. The van der Waals surface area contributed by atoms with E-state index in [9.17, 15) is 9.18 Å². The van der Waals surface area contributed by atoms with Crippen molar-refractivity contribution in [3.8, 4) is 0 Å². The topological polar surface area (TPSA) is 39.2 Å². The van der Waals surface area contributed by atoms with E-state index in [-0.39, 0.29) is 11.3 Å². The Labute approximate surface area is 93.6 Å². The van der Waals surface area contributed by atoms with Crippen molar-refractivity contribution in [3.05, 3.63) is 29.8 Å². The normalized spacial score (nSPS) is 25.4. The Morgan fingerprint density at radius 3 is 2.94 bits per heavy atom. The quantitative estimate of drug-likeness (QED) is 0.722. The molecule has 1 aromatic rings. The Hall–Kier alpha value is -1.29. The van der Waals surface area contributed by atoms with E-state index in [2.05, 4.69) is 4.98 Å². The van der Waals surface area contributed by atoms with Gasteiger partial charge in [0.25, 0.3) is 0 Å². The number of carbonyl (C=O) groups excluding carboxylic acids is 1. The summed E-state index contributed by atoms with van der Waals surface area (Å²) in [5.41, 5.74) is -0.530. The lowest BCUT2D eigenvalue weighted by Gasteiger charge is -2.32. The summed E-state index contributed by atoms with van der Waals surface area (Å²) in [7, 11) is 0. The molecule has 0 radical (unpaired) electrons. The largest absolute Gasteiger partial charge is 0.367 e. The number of nitrogens with zero attached hydrogens (tertiary/aromatic N) is 1. The molecule has 0 N–H and O–H groups in total. The number of aromatic nitrogens is 1. The zero-order chi connectivity index (χ0) is 11.6. The molecule has 1 saturated heterocycles. The van der Waals surface area contributed by atoms with Gasteiger partial charge in [-0.05, 0) is 32.3 Å². The number of Topliss-reactive ketones (excluding diaryl/α,β-unsaturated/α-hetero) is 1. The molecule has 1 aromatic heterocycles. The van der Waals surface area contributed by atoms with Crippen LogP contribution in [0.2, 0.25) is 0 Å². The van der Waals surface area contributed by atoms with Gasteiger partial charge in [0.15, 0.2) is 5.78 Å². The smallest absolute Gasteiger partial charge is 0.195 e. The molecule has 16 heavy (non-hydrogen) atoms. The van der Waals surface area contributed by atoms with Crippen LogP contribution in [0.3, 0.4) is 0 Å². The second-order valence-electron chi connectivity index (χ2n) is 4.26. The molecule has 4 heteroatoms. The Kier molecular flexibility index (Phi) is 3.01. The number of rotatable bonds is 2.